The van der Waals surface area contributed by atoms with Gasteiger partial charge in [0.15, 0.2) is 0 Å². The smallest absolute Gasteiger partial charge is 0.348 e. The average Bonchev–Trinajstić information content (AvgIpc) is 2.39. The van der Waals surface area contributed by atoms with Crippen molar-refractivity contribution in [2.45, 2.75) is 18.9 Å². The van der Waals surface area contributed by atoms with Crippen molar-refractivity contribution < 1.29 is 9.66 Å². The predicted molar refractivity (Wildman–Crippen MR) is 62.1 cm³/mol. The van der Waals surface area contributed by atoms with Crippen LogP contribution in [0.2, 0.25) is 0 Å². The normalized spacial score (nSPS) is 18.9. The molecule has 1 aliphatic heterocycles. The summed E-state index contributed by atoms with van der Waals surface area (Å²) < 4.78 is 5.52. The van der Waals surface area contributed by atoms with Crippen molar-refractivity contribution in [3.63, 3.8) is 0 Å². The third-order valence-electron chi connectivity index (χ3n) is 2.72. The van der Waals surface area contributed by atoms with E-state index in [9.17, 15) is 10.1 Å². The van der Waals surface area contributed by atoms with Gasteiger partial charge in [-0.1, -0.05) is 0 Å². The van der Waals surface area contributed by atoms with Crippen molar-refractivity contribution in [3.8, 4) is 11.9 Å². The lowest BCUT2D eigenvalue weighted by Gasteiger charge is -2.23. The fourth-order valence-electron chi connectivity index (χ4n) is 1.87. The standard InChI is InChI=1S/C11H12N4O3/c12-6-8-3-5-14-11(10(8)15(16)17)18-9-2-1-4-13-7-9/h3,5,9,13H,1-2,4,7H2/t9-/m0/s1. The van der Waals surface area contributed by atoms with Crippen LogP contribution in [0.15, 0.2) is 12.3 Å². The second kappa shape index (κ2) is 5.42. The van der Waals surface area contributed by atoms with E-state index >= 15 is 0 Å². The van der Waals surface area contributed by atoms with Crippen molar-refractivity contribution in [1.29, 1.82) is 5.26 Å². The van der Waals surface area contributed by atoms with Crippen LogP contribution in [-0.4, -0.2) is 29.1 Å². The summed E-state index contributed by atoms with van der Waals surface area (Å²) in [5.41, 5.74) is -0.389. The Balaban J connectivity index is 2.26. The van der Waals surface area contributed by atoms with Gasteiger partial charge in [0.25, 0.3) is 5.88 Å². The Kier molecular flexibility index (Phi) is 3.69. The number of piperidine rings is 1. The highest BCUT2D eigenvalue weighted by Crippen LogP contribution is 2.29. The molecule has 18 heavy (non-hydrogen) atoms. The lowest BCUT2D eigenvalue weighted by atomic mass is 10.1. The molecule has 94 valence electrons. The minimum atomic E-state index is -0.628. The van der Waals surface area contributed by atoms with Gasteiger partial charge < -0.3 is 10.1 Å². The maximum Gasteiger partial charge on any atom is 0.348 e. The first-order valence-electron chi connectivity index (χ1n) is 5.63. The van der Waals surface area contributed by atoms with Crippen LogP contribution < -0.4 is 10.1 Å². The summed E-state index contributed by atoms with van der Waals surface area (Å²) in [7, 11) is 0. The number of hydrogen-bond acceptors (Lipinski definition) is 6. The summed E-state index contributed by atoms with van der Waals surface area (Å²) in [6.07, 6.45) is 2.98. The van der Waals surface area contributed by atoms with Gasteiger partial charge in [-0.2, -0.15) is 5.26 Å². The van der Waals surface area contributed by atoms with Crippen molar-refractivity contribution in [2.75, 3.05) is 13.1 Å². The molecule has 1 fully saturated rings. The molecule has 7 nitrogen and oxygen atoms in total. The molecule has 0 saturated carbocycles. The van der Waals surface area contributed by atoms with E-state index in [0.717, 1.165) is 19.4 Å². The molecule has 2 rings (SSSR count). The maximum absolute atomic E-state index is 11.0. The van der Waals surface area contributed by atoms with Gasteiger partial charge in [-0.25, -0.2) is 4.98 Å². The predicted octanol–water partition coefficient (Wildman–Crippen LogP) is 0.992. The number of hydrogen-bond donors (Lipinski definition) is 1. The molecule has 0 spiro atoms. The summed E-state index contributed by atoms with van der Waals surface area (Å²) in [5.74, 6) is -0.0762. The zero-order valence-corrected chi connectivity index (χ0v) is 9.63. The van der Waals surface area contributed by atoms with E-state index in [0.29, 0.717) is 6.54 Å². The van der Waals surface area contributed by atoms with E-state index in [2.05, 4.69) is 10.3 Å². The molecule has 2 heterocycles. The van der Waals surface area contributed by atoms with Crippen molar-refractivity contribution >= 4 is 5.69 Å². The Bertz CT molecular complexity index is 492. The van der Waals surface area contributed by atoms with Gasteiger partial charge in [0, 0.05) is 12.7 Å². The van der Waals surface area contributed by atoms with E-state index in [1.54, 1.807) is 6.07 Å². The maximum atomic E-state index is 11.0. The van der Waals surface area contributed by atoms with Crippen molar-refractivity contribution in [2.24, 2.45) is 0 Å². The Morgan fingerprint density at radius 2 is 2.50 bits per heavy atom. The first kappa shape index (κ1) is 12.3. The fourth-order valence-corrected chi connectivity index (χ4v) is 1.87. The summed E-state index contributed by atoms with van der Waals surface area (Å²) in [4.78, 5) is 14.2. The van der Waals surface area contributed by atoms with E-state index in [-0.39, 0.29) is 23.2 Å². The molecule has 1 saturated heterocycles. The highest BCUT2D eigenvalue weighted by Gasteiger charge is 2.25. The number of aromatic nitrogens is 1. The van der Waals surface area contributed by atoms with Crippen molar-refractivity contribution in [1.82, 2.24) is 10.3 Å². The molecule has 0 amide bonds. The summed E-state index contributed by atoms with van der Waals surface area (Å²) in [6.45, 7) is 1.56. The highest BCUT2D eigenvalue weighted by molar-refractivity contribution is 5.54. The topological polar surface area (TPSA) is 101 Å². The SMILES string of the molecule is N#Cc1ccnc(O[C@H]2CCCNC2)c1[N+](=O)[O-]. The molecule has 1 aliphatic rings. The minimum absolute atomic E-state index is 0.0335. The highest BCUT2D eigenvalue weighted by atomic mass is 16.6. The van der Waals surface area contributed by atoms with Gasteiger partial charge in [-0.15, -0.1) is 0 Å². The van der Waals surface area contributed by atoms with Crippen LogP contribution in [0.5, 0.6) is 5.88 Å². The number of ether oxygens (including phenoxy) is 1. The van der Waals surface area contributed by atoms with E-state index < -0.39 is 4.92 Å². The first-order chi connectivity index (χ1) is 8.72. The third-order valence-corrected chi connectivity index (χ3v) is 2.72. The molecular formula is C11H12N4O3. The molecule has 1 N–H and O–H groups in total. The number of nitrogens with zero attached hydrogens (tertiary/aromatic N) is 3. The quantitative estimate of drug-likeness (QED) is 0.632. The second-order valence-electron chi connectivity index (χ2n) is 3.97. The van der Waals surface area contributed by atoms with Gasteiger partial charge in [-0.05, 0) is 25.5 Å². The second-order valence-corrected chi connectivity index (χ2v) is 3.97. The van der Waals surface area contributed by atoms with Crippen LogP contribution in [0.25, 0.3) is 0 Å². The van der Waals surface area contributed by atoms with Crippen LogP contribution in [0, 0.1) is 21.4 Å². The summed E-state index contributed by atoms with van der Waals surface area (Å²) >= 11 is 0. The van der Waals surface area contributed by atoms with Crippen molar-refractivity contribution in [3.05, 3.63) is 27.9 Å². The fraction of sp³-hybridized carbons (Fsp3) is 0.455. The first-order valence-corrected chi connectivity index (χ1v) is 5.63. The Morgan fingerprint density at radius 3 is 3.11 bits per heavy atom. The number of rotatable bonds is 3. The van der Waals surface area contributed by atoms with Gasteiger partial charge >= 0.3 is 5.69 Å². The van der Waals surface area contributed by atoms with Crippen LogP contribution in [0.3, 0.4) is 0 Å². The van der Waals surface area contributed by atoms with Gasteiger partial charge in [0.2, 0.25) is 0 Å². The largest absolute Gasteiger partial charge is 0.468 e. The molecule has 7 heteroatoms. The van der Waals surface area contributed by atoms with Gasteiger partial charge in [-0.3, -0.25) is 10.1 Å². The zero-order valence-electron chi connectivity index (χ0n) is 9.63. The Morgan fingerprint density at radius 1 is 1.67 bits per heavy atom. The molecule has 0 radical (unpaired) electrons. The Labute approximate surface area is 104 Å². The van der Waals surface area contributed by atoms with Crippen LogP contribution in [0.4, 0.5) is 5.69 Å². The molecule has 1 aromatic heterocycles. The van der Waals surface area contributed by atoms with E-state index in [1.807, 2.05) is 0 Å². The molecule has 1 aromatic rings. The molecule has 0 bridgehead atoms. The van der Waals surface area contributed by atoms with E-state index in [1.165, 1.54) is 12.3 Å². The minimum Gasteiger partial charge on any atom is -0.468 e. The van der Waals surface area contributed by atoms with Gasteiger partial charge in [0.1, 0.15) is 17.7 Å². The number of pyridine rings is 1. The van der Waals surface area contributed by atoms with Crippen LogP contribution in [-0.2, 0) is 0 Å². The Hall–Kier alpha value is -2.20. The summed E-state index contributed by atoms with van der Waals surface area (Å²) in [5, 5.41) is 23.0. The molecule has 1 atom stereocenters. The molecule has 0 aromatic carbocycles. The third kappa shape index (κ3) is 2.55. The monoisotopic (exact) mass is 248 g/mol. The number of nitriles is 1. The molecular weight excluding hydrogens is 236 g/mol. The number of nitro groups is 1. The molecule has 0 unspecified atom stereocenters. The average molecular weight is 248 g/mol. The number of nitrogens with one attached hydrogen (secondary N) is 1. The lowest BCUT2D eigenvalue weighted by Crippen LogP contribution is -2.37. The van der Waals surface area contributed by atoms with Crippen LogP contribution in [0.1, 0.15) is 18.4 Å². The summed E-state index contributed by atoms with van der Waals surface area (Å²) in [6, 6.07) is 3.09. The zero-order chi connectivity index (χ0) is 13.0. The lowest BCUT2D eigenvalue weighted by molar-refractivity contribution is -0.386. The van der Waals surface area contributed by atoms with E-state index in [4.69, 9.17) is 10.00 Å². The van der Waals surface area contributed by atoms with Gasteiger partial charge in [0.05, 0.1) is 4.92 Å². The molecule has 0 aliphatic carbocycles. The van der Waals surface area contributed by atoms with Crippen LogP contribution >= 0.6 is 0 Å².